The van der Waals surface area contributed by atoms with Crippen LogP contribution in [0.15, 0.2) is 18.2 Å². The number of ether oxygens (including phenoxy) is 1. The number of rotatable bonds is 6. The number of carboxylic acid groups (broad SMARTS) is 1. The van der Waals surface area contributed by atoms with Gasteiger partial charge >= 0.3 is 5.97 Å². The lowest BCUT2D eigenvalue weighted by molar-refractivity contribution is -0.149. The molecule has 0 radical (unpaired) electrons. The first-order chi connectivity index (χ1) is 12.8. The molecule has 1 aliphatic rings. The van der Waals surface area contributed by atoms with Gasteiger partial charge in [0.05, 0.1) is 11.8 Å². The Labute approximate surface area is 159 Å². The predicted molar refractivity (Wildman–Crippen MR) is 100 cm³/mol. The molecule has 0 unspecified atom stereocenters. The molecule has 27 heavy (non-hydrogen) atoms. The summed E-state index contributed by atoms with van der Waals surface area (Å²) in [5.74, 6) is -2.36. The molecule has 2 atom stereocenters. The zero-order chi connectivity index (χ0) is 20.0. The van der Waals surface area contributed by atoms with Crippen LogP contribution in [0.5, 0.6) is 5.75 Å². The van der Waals surface area contributed by atoms with Gasteiger partial charge in [0, 0.05) is 0 Å². The number of hydrogen-bond acceptors (Lipinski definition) is 4. The van der Waals surface area contributed by atoms with E-state index in [1.165, 1.54) is 0 Å². The minimum absolute atomic E-state index is 0.240. The van der Waals surface area contributed by atoms with Gasteiger partial charge in [-0.25, -0.2) is 0 Å². The van der Waals surface area contributed by atoms with Gasteiger partial charge in [-0.05, 0) is 42.9 Å². The van der Waals surface area contributed by atoms with Crippen LogP contribution in [0.25, 0.3) is 0 Å². The molecule has 0 aromatic heterocycles. The van der Waals surface area contributed by atoms with Crippen molar-refractivity contribution in [1.29, 1.82) is 0 Å². The number of aryl methyl sites for hydroxylation is 1. The van der Waals surface area contributed by atoms with Gasteiger partial charge in [-0.1, -0.05) is 38.8 Å². The van der Waals surface area contributed by atoms with Gasteiger partial charge in [-0.15, -0.1) is 0 Å². The van der Waals surface area contributed by atoms with Crippen LogP contribution in [0.3, 0.4) is 0 Å². The van der Waals surface area contributed by atoms with Crippen LogP contribution < -0.4 is 15.6 Å². The van der Waals surface area contributed by atoms with Crippen LogP contribution in [0.1, 0.15) is 56.6 Å². The molecule has 0 saturated heterocycles. The first-order valence-electron chi connectivity index (χ1n) is 9.34. The highest BCUT2D eigenvalue weighted by Crippen LogP contribution is 2.30. The summed E-state index contributed by atoms with van der Waals surface area (Å²) in [6, 6.07) is 5.84. The number of carboxylic acids is 1. The predicted octanol–water partition coefficient (Wildman–Crippen LogP) is 2.54. The monoisotopic (exact) mass is 376 g/mol. The van der Waals surface area contributed by atoms with Gasteiger partial charge in [0.1, 0.15) is 5.75 Å². The van der Waals surface area contributed by atoms with Gasteiger partial charge < -0.3 is 9.84 Å². The lowest BCUT2D eigenvalue weighted by atomic mass is 9.79. The molecular weight excluding hydrogens is 348 g/mol. The summed E-state index contributed by atoms with van der Waals surface area (Å²) in [5.41, 5.74) is 6.69. The fraction of sp³-hybridized carbons (Fsp3) is 0.550. The van der Waals surface area contributed by atoms with Gasteiger partial charge in [-0.3, -0.25) is 25.2 Å². The number of aliphatic carboxylic acids is 1. The Hall–Kier alpha value is -2.57. The van der Waals surface area contributed by atoms with Gasteiger partial charge in [0.2, 0.25) is 5.91 Å². The molecule has 7 nitrogen and oxygen atoms in total. The first-order valence-corrected chi connectivity index (χ1v) is 9.34. The largest absolute Gasteiger partial charge is 0.483 e. The third-order valence-corrected chi connectivity index (χ3v) is 4.89. The molecule has 0 bridgehead atoms. The third-order valence-electron chi connectivity index (χ3n) is 4.89. The highest BCUT2D eigenvalue weighted by atomic mass is 16.5. The number of benzene rings is 1. The van der Waals surface area contributed by atoms with Crippen LogP contribution >= 0.6 is 0 Å². The maximum atomic E-state index is 12.2. The quantitative estimate of drug-likeness (QED) is 0.662. The lowest BCUT2D eigenvalue weighted by Crippen LogP contribution is -2.49. The Bertz CT molecular complexity index is 702. The van der Waals surface area contributed by atoms with E-state index in [1.54, 1.807) is 0 Å². The summed E-state index contributed by atoms with van der Waals surface area (Å²) in [7, 11) is 0. The maximum Gasteiger partial charge on any atom is 0.307 e. The highest BCUT2D eigenvalue weighted by molar-refractivity contribution is 5.87. The van der Waals surface area contributed by atoms with Crippen molar-refractivity contribution in [2.75, 3.05) is 6.61 Å². The van der Waals surface area contributed by atoms with Crippen LogP contribution in [0, 0.1) is 18.8 Å². The first kappa shape index (κ1) is 20.7. The number of carbonyl (C=O) groups excluding carboxylic acids is 2. The number of hydrogen-bond donors (Lipinski definition) is 3. The Balaban J connectivity index is 1.87. The van der Waals surface area contributed by atoms with Crippen LogP contribution in [-0.2, 0) is 14.4 Å². The Morgan fingerprint density at radius 3 is 2.44 bits per heavy atom. The average Bonchev–Trinajstić information content (AvgIpc) is 2.64. The second-order valence-electron chi connectivity index (χ2n) is 7.36. The van der Waals surface area contributed by atoms with E-state index in [2.05, 4.69) is 10.9 Å². The zero-order valence-electron chi connectivity index (χ0n) is 16.1. The molecule has 1 aromatic carbocycles. The highest BCUT2D eigenvalue weighted by Gasteiger charge is 2.35. The SMILES string of the molecule is Cc1ccc(C(C)C)c(OCC(=O)NNC(=O)[C@H]2CCCC[C@@H]2C(=O)O)c1. The van der Waals surface area contributed by atoms with Gasteiger partial charge in [0.25, 0.3) is 5.91 Å². The van der Waals surface area contributed by atoms with Gasteiger partial charge in [-0.2, -0.15) is 0 Å². The molecule has 1 aromatic rings. The Morgan fingerprint density at radius 2 is 1.81 bits per heavy atom. The summed E-state index contributed by atoms with van der Waals surface area (Å²) in [6.07, 6.45) is 2.60. The van der Waals surface area contributed by atoms with E-state index >= 15 is 0 Å². The molecular formula is C20H28N2O5. The lowest BCUT2D eigenvalue weighted by Gasteiger charge is -2.27. The summed E-state index contributed by atoms with van der Waals surface area (Å²) < 4.78 is 5.62. The van der Waals surface area contributed by atoms with E-state index in [0.717, 1.165) is 24.0 Å². The van der Waals surface area contributed by atoms with Crippen LogP contribution in [0.2, 0.25) is 0 Å². The van der Waals surface area contributed by atoms with Crippen LogP contribution in [-0.4, -0.2) is 29.5 Å². The molecule has 1 aliphatic carbocycles. The van der Waals surface area contributed by atoms with Crippen LogP contribution in [0.4, 0.5) is 0 Å². The topological polar surface area (TPSA) is 105 Å². The minimum atomic E-state index is -0.967. The van der Waals surface area contributed by atoms with Crippen molar-refractivity contribution in [1.82, 2.24) is 10.9 Å². The second-order valence-corrected chi connectivity index (χ2v) is 7.36. The number of amides is 2. The van der Waals surface area contributed by atoms with E-state index in [4.69, 9.17) is 4.74 Å². The molecule has 2 rings (SSSR count). The van der Waals surface area contributed by atoms with E-state index in [9.17, 15) is 19.5 Å². The van der Waals surface area contributed by atoms with E-state index in [1.807, 2.05) is 39.0 Å². The number of carbonyl (C=O) groups is 3. The molecule has 0 aliphatic heterocycles. The molecule has 148 valence electrons. The van der Waals surface area contributed by atoms with Crippen molar-refractivity contribution in [3.8, 4) is 5.75 Å². The third kappa shape index (κ3) is 5.70. The zero-order valence-corrected chi connectivity index (χ0v) is 16.1. The Kier molecular flexibility index (Phi) is 7.21. The molecule has 0 spiro atoms. The van der Waals surface area contributed by atoms with Crippen molar-refractivity contribution in [2.45, 2.75) is 52.4 Å². The van der Waals surface area contributed by atoms with Crippen molar-refractivity contribution in [3.05, 3.63) is 29.3 Å². The molecule has 1 fully saturated rings. The molecule has 2 amide bonds. The van der Waals surface area contributed by atoms with E-state index in [0.29, 0.717) is 18.6 Å². The van der Waals surface area contributed by atoms with E-state index < -0.39 is 29.6 Å². The molecule has 1 saturated carbocycles. The van der Waals surface area contributed by atoms with Crippen molar-refractivity contribution in [2.24, 2.45) is 11.8 Å². The normalized spacial score (nSPS) is 19.4. The Morgan fingerprint density at radius 1 is 1.15 bits per heavy atom. The number of nitrogens with one attached hydrogen (secondary N) is 2. The smallest absolute Gasteiger partial charge is 0.307 e. The van der Waals surface area contributed by atoms with Crippen molar-refractivity contribution in [3.63, 3.8) is 0 Å². The maximum absolute atomic E-state index is 12.2. The summed E-state index contributed by atoms with van der Waals surface area (Å²) >= 11 is 0. The standard InChI is InChI=1S/C20H28N2O5/c1-12(2)14-9-8-13(3)10-17(14)27-11-18(23)21-22-19(24)15-6-4-5-7-16(15)20(25)26/h8-10,12,15-16H,4-7,11H2,1-3H3,(H,21,23)(H,22,24)(H,25,26)/t15-,16-/m0/s1. The fourth-order valence-corrected chi connectivity index (χ4v) is 3.39. The minimum Gasteiger partial charge on any atom is -0.483 e. The van der Waals surface area contributed by atoms with Crippen molar-refractivity contribution < 1.29 is 24.2 Å². The fourth-order valence-electron chi connectivity index (χ4n) is 3.39. The van der Waals surface area contributed by atoms with Crippen molar-refractivity contribution >= 4 is 17.8 Å². The molecule has 0 heterocycles. The summed E-state index contributed by atoms with van der Waals surface area (Å²) in [6.45, 7) is 5.79. The molecule has 7 heteroatoms. The van der Waals surface area contributed by atoms with Gasteiger partial charge in [0.15, 0.2) is 6.61 Å². The molecule has 3 N–H and O–H groups in total. The number of hydrazine groups is 1. The van der Waals surface area contributed by atoms with E-state index in [-0.39, 0.29) is 12.5 Å². The summed E-state index contributed by atoms with van der Waals surface area (Å²) in [4.78, 5) is 35.6. The second kappa shape index (κ2) is 9.39. The average molecular weight is 376 g/mol. The summed E-state index contributed by atoms with van der Waals surface area (Å²) in [5, 5.41) is 9.25.